The summed E-state index contributed by atoms with van der Waals surface area (Å²) >= 11 is 0. The topological polar surface area (TPSA) is 138 Å². The molecule has 2 heterocycles. The number of nitrogens with one attached hydrogen (secondary N) is 1. The van der Waals surface area contributed by atoms with Gasteiger partial charge in [0.15, 0.2) is 6.23 Å². The van der Waals surface area contributed by atoms with E-state index in [2.05, 4.69) is 5.10 Å². The molecule has 1 aromatic rings. The van der Waals surface area contributed by atoms with Crippen LogP contribution in [0.1, 0.15) is 6.23 Å². The minimum Gasteiger partial charge on any atom is -0.394 e. The van der Waals surface area contributed by atoms with Crippen LogP contribution in [0, 0.1) is 0 Å². The van der Waals surface area contributed by atoms with Gasteiger partial charge >= 0.3 is 5.69 Å². The molecule has 9 nitrogen and oxygen atoms in total. The SMILES string of the molecule is O=c1cnn(C2OC(CO)C(O)[C@@H]2O)c(=O)[nH]1. The highest BCUT2D eigenvalue weighted by molar-refractivity contribution is 4.88. The van der Waals surface area contributed by atoms with Gasteiger partial charge < -0.3 is 20.1 Å². The molecule has 0 spiro atoms. The Bertz CT molecular complexity index is 510. The number of rotatable bonds is 2. The molecule has 9 heteroatoms. The Kier molecular flexibility index (Phi) is 3.07. The number of hydrogen-bond donors (Lipinski definition) is 4. The lowest BCUT2D eigenvalue weighted by atomic mass is 10.1. The first-order valence-electron chi connectivity index (χ1n) is 4.85. The molecule has 2 rings (SSSR count). The molecule has 0 aromatic carbocycles. The zero-order valence-corrected chi connectivity index (χ0v) is 8.55. The molecule has 1 aromatic heterocycles. The molecule has 1 saturated heterocycles. The fourth-order valence-electron chi connectivity index (χ4n) is 1.63. The van der Waals surface area contributed by atoms with Crippen molar-refractivity contribution in [3.8, 4) is 0 Å². The van der Waals surface area contributed by atoms with Crippen LogP contribution >= 0.6 is 0 Å². The molecule has 4 atom stereocenters. The molecule has 0 saturated carbocycles. The molecule has 1 fully saturated rings. The van der Waals surface area contributed by atoms with Crippen molar-refractivity contribution in [3.05, 3.63) is 27.0 Å². The van der Waals surface area contributed by atoms with Crippen molar-refractivity contribution in [3.63, 3.8) is 0 Å². The molecule has 4 N–H and O–H groups in total. The summed E-state index contributed by atoms with van der Waals surface area (Å²) in [7, 11) is 0. The van der Waals surface area contributed by atoms with Crippen molar-refractivity contribution in [2.45, 2.75) is 24.5 Å². The summed E-state index contributed by atoms with van der Waals surface area (Å²) in [6, 6.07) is 0. The second-order valence-electron chi connectivity index (χ2n) is 3.61. The second kappa shape index (κ2) is 4.37. The first kappa shape index (κ1) is 11.9. The van der Waals surface area contributed by atoms with Gasteiger partial charge in [0.05, 0.1) is 6.61 Å². The summed E-state index contributed by atoms with van der Waals surface area (Å²) in [5.74, 6) is 0. The molecule has 94 valence electrons. The normalized spacial score (nSPS) is 32.9. The molecule has 0 bridgehead atoms. The van der Waals surface area contributed by atoms with Crippen LogP contribution < -0.4 is 11.2 Å². The van der Waals surface area contributed by atoms with E-state index in [1.807, 2.05) is 4.98 Å². The van der Waals surface area contributed by atoms with E-state index in [1.165, 1.54) is 0 Å². The third kappa shape index (κ3) is 2.00. The third-order valence-corrected chi connectivity index (χ3v) is 2.50. The summed E-state index contributed by atoms with van der Waals surface area (Å²) in [6.45, 7) is -0.507. The Balaban J connectivity index is 2.35. The Labute approximate surface area is 93.9 Å². The Morgan fingerprint density at radius 1 is 1.41 bits per heavy atom. The highest BCUT2D eigenvalue weighted by Crippen LogP contribution is 2.27. The largest absolute Gasteiger partial charge is 0.394 e. The van der Waals surface area contributed by atoms with E-state index in [0.29, 0.717) is 4.68 Å². The lowest BCUT2D eigenvalue weighted by molar-refractivity contribution is -0.0618. The monoisotopic (exact) mass is 245 g/mol. The summed E-state index contributed by atoms with van der Waals surface area (Å²) in [6.07, 6.45) is -4.15. The van der Waals surface area contributed by atoms with E-state index in [-0.39, 0.29) is 0 Å². The average Bonchev–Trinajstić information content (AvgIpc) is 2.57. The quantitative estimate of drug-likeness (QED) is 0.425. The summed E-state index contributed by atoms with van der Waals surface area (Å²) in [4.78, 5) is 24.1. The predicted molar refractivity (Wildman–Crippen MR) is 52.1 cm³/mol. The van der Waals surface area contributed by atoms with Crippen LogP contribution in [-0.4, -0.2) is 55.0 Å². The molecule has 17 heavy (non-hydrogen) atoms. The third-order valence-electron chi connectivity index (χ3n) is 2.50. The minimum atomic E-state index is -1.41. The highest BCUT2D eigenvalue weighted by Gasteiger charge is 2.44. The number of nitrogens with zero attached hydrogens (tertiary/aromatic N) is 2. The maximum Gasteiger partial charge on any atom is 0.347 e. The fourth-order valence-corrected chi connectivity index (χ4v) is 1.63. The van der Waals surface area contributed by atoms with Crippen molar-refractivity contribution >= 4 is 0 Å². The van der Waals surface area contributed by atoms with Crippen molar-refractivity contribution < 1.29 is 20.1 Å². The standard InChI is InChI=1S/C8H11N3O6/c12-2-3-5(14)6(15)7(17-3)11-8(16)10-4(13)1-9-11/h1,3,5-7,12,14-15H,2H2,(H,10,13,16)/t3?,5?,6-,7?/m0/s1. The van der Waals surface area contributed by atoms with Crippen molar-refractivity contribution in [2.24, 2.45) is 0 Å². The van der Waals surface area contributed by atoms with E-state index in [4.69, 9.17) is 9.84 Å². The zero-order chi connectivity index (χ0) is 12.6. The van der Waals surface area contributed by atoms with Gasteiger partial charge in [0.2, 0.25) is 0 Å². The van der Waals surface area contributed by atoms with Crippen LogP contribution in [0.2, 0.25) is 0 Å². The Morgan fingerprint density at radius 2 is 2.12 bits per heavy atom. The van der Waals surface area contributed by atoms with E-state index in [0.717, 1.165) is 6.20 Å². The van der Waals surface area contributed by atoms with Gasteiger partial charge in [-0.3, -0.25) is 9.78 Å². The maximum atomic E-state index is 11.4. The van der Waals surface area contributed by atoms with E-state index in [9.17, 15) is 19.8 Å². The highest BCUT2D eigenvalue weighted by atomic mass is 16.6. The first-order chi connectivity index (χ1) is 8.04. The summed E-state index contributed by atoms with van der Waals surface area (Å²) in [5, 5.41) is 31.5. The van der Waals surface area contributed by atoms with Crippen LogP contribution in [0.25, 0.3) is 0 Å². The number of aliphatic hydroxyl groups excluding tert-OH is 3. The van der Waals surface area contributed by atoms with Gasteiger partial charge in [-0.15, -0.1) is 0 Å². The number of ether oxygens (including phenoxy) is 1. The maximum absolute atomic E-state index is 11.4. The lowest BCUT2D eigenvalue weighted by Crippen LogP contribution is -2.39. The smallest absolute Gasteiger partial charge is 0.347 e. The number of aromatic nitrogens is 3. The van der Waals surface area contributed by atoms with Gasteiger partial charge in [-0.1, -0.05) is 0 Å². The first-order valence-corrected chi connectivity index (χ1v) is 4.85. The van der Waals surface area contributed by atoms with Crippen LogP contribution in [0.3, 0.4) is 0 Å². The average molecular weight is 245 g/mol. The molecule has 1 aliphatic rings. The van der Waals surface area contributed by atoms with E-state index >= 15 is 0 Å². The van der Waals surface area contributed by atoms with Crippen molar-refractivity contribution in [1.29, 1.82) is 0 Å². The van der Waals surface area contributed by atoms with E-state index in [1.54, 1.807) is 0 Å². The molecular weight excluding hydrogens is 234 g/mol. The minimum absolute atomic E-state index is 0.507. The van der Waals surface area contributed by atoms with Gasteiger partial charge in [0.1, 0.15) is 24.5 Å². The van der Waals surface area contributed by atoms with Gasteiger partial charge in [0, 0.05) is 0 Å². The van der Waals surface area contributed by atoms with Crippen LogP contribution in [0.15, 0.2) is 15.8 Å². The molecule has 0 radical (unpaired) electrons. The molecule has 0 aliphatic carbocycles. The fraction of sp³-hybridized carbons (Fsp3) is 0.625. The van der Waals surface area contributed by atoms with Crippen molar-refractivity contribution in [1.82, 2.24) is 14.8 Å². The summed E-state index contributed by atoms with van der Waals surface area (Å²) in [5.41, 5.74) is -1.55. The Hall–Kier alpha value is -1.55. The van der Waals surface area contributed by atoms with Gasteiger partial charge in [0.25, 0.3) is 5.56 Å². The number of H-pyrrole nitrogens is 1. The van der Waals surface area contributed by atoms with Crippen LogP contribution in [-0.2, 0) is 4.74 Å². The molecule has 1 aliphatic heterocycles. The number of aliphatic hydroxyl groups is 3. The van der Waals surface area contributed by atoms with Crippen molar-refractivity contribution in [2.75, 3.05) is 6.61 Å². The van der Waals surface area contributed by atoms with Gasteiger partial charge in [-0.2, -0.15) is 9.78 Å². The Morgan fingerprint density at radius 3 is 2.65 bits per heavy atom. The van der Waals surface area contributed by atoms with Gasteiger partial charge in [-0.25, -0.2) is 4.79 Å². The number of aromatic amines is 1. The molecular formula is C8H11N3O6. The van der Waals surface area contributed by atoms with Gasteiger partial charge in [-0.05, 0) is 0 Å². The predicted octanol–water partition coefficient (Wildman–Crippen LogP) is -3.46. The summed E-state index contributed by atoms with van der Waals surface area (Å²) < 4.78 is 5.77. The van der Waals surface area contributed by atoms with E-state index < -0.39 is 42.4 Å². The zero-order valence-electron chi connectivity index (χ0n) is 8.55. The van der Waals surface area contributed by atoms with Crippen LogP contribution in [0.4, 0.5) is 0 Å². The number of hydrogen-bond acceptors (Lipinski definition) is 7. The van der Waals surface area contributed by atoms with Crippen LogP contribution in [0.5, 0.6) is 0 Å². The lowest BCUT2D eigenvalue weighted by Gasteiger charge is -2.14. The molecule has 3 unspecified atom stereocenters. The molecule has 0 amide bonds. The second-order valence-corrected chi connectivity index (χ2v) is 3.61.